The van der Waals surface area contributed by atoms with Gasteiger partial charge in [0, 0.05) is 38.9 Å². The van der Waals surface area contributed by atoms with E-state index in [0.717, 1.165) is 43.9 Å². The normalized spacial score (nSPS) is 14.1. The van der Waals surface area contributed by atoms with E-state index in [2.05, 4.69) is 33.2 Å². The summed E-state index contributed by atoms with van der Waals surface area (Å²) in [6, 6.07) is 9.66. The molecule has 1 fully saturated rings. The molecule has 1 aliphatic heterocycles. The van der Waals surface area contributed by atoms with E-state index in [1.807, 2.05) is 23.1 Å². The molecule has 1 saturated heterocycles. The first-order chi connectivity index (χ1) is 13.2. The Morgan fingerprint density at radius 1 is 1.19 bits per heavy atom. The average Bonchev–Trinajstić information content (AvgIpc) is 2.74. The van der Waals surface area contributed by atoms with Crippen LogP contribution >= 0.6 is 0 Å². The number of amides is 1. The van der Waals surface area contributed by atoms with Crippen LogP contribution in [0.15, 0.2) is 36.5 Å². The van der Waals surface area contributed by atoms with Gasteiger partial charge in [-0.3, -0.25) is 4.79 Å². The first-order valence-corrected chi connectivity index (χ1v) is 9.47. The smallest absolute Gasteiger partial charge is 0.272 e. The number of benzene rings is 1. The third-order valence-corrected chi connectivity index (χ3v) is 4.68. The third-order valence-electron chi connectivity index (χ3n) is 4.68. The number of nitrogens with zero attached hydrogens (tertiary/aromatic N) is 4. The Labute approximate surface area is 160 Å². The average molecular weight is 369 g/mol. The fourth-order valence-corrected chi connectivity index (χ4v) is 3.14. The van der Waals surface area contributed by atoms with Gasteiger partial charge >= 0.3 is 0 Å². The van der Waals surface area contributed by atoms with Gasteiger partial charge in [-0.15, -0.1) is 0 Å². The summed E-state index contributed by atoms with van der Waals surface area (Å²) >= 11 is 0. The molecule has 3 rings (SSSR count). The molecule has 1 aromatic carbocycles. The van der Waals surface area contributed by atoms with E-state index in [9.17, 15) is 4.79 Å². The molecule has 27 heavy (non-hydrogen) atoms. The van der Waals surface area contributed by atoms with Gasteiger partial charge < -0.3 is 19.9 Å². The van der Waals surface area contributed by atoms with Gasteiger partial charge in [-0.2, -0.15) is 0 Å². The van der Waals surface area contributed by atoms with Gasteiger partial charge in [0.2, 0.25) is 5.95 Å². The number of nitrogens with one attached hydrogen (secondary N) is 1. The second kappa shape index (κ2) is 9.21. The van der Waals surface area contributed by atoms with E-state index < -0.39 is 0 Å². The zero-order valence-electron chi connectivity index (χ0n) is 16.0. The van der Waals surface area contributed by atoms with Crippen LogP contribution in [0.25, 0.3) is 0 Å². The van der Waals surface area contributed by atoms with Gasteiger partial charge in [0.1, 0.15) is 11.4 Å². The van der Waals surface area contributed by atoms with E-state index in [1.165, 1.54) is 0 Å². The lowest BCUT2D eigenvalue weighted by atomic mass is 10.2. The number of aromatic nitrogens is 2. The van der Waals surface area contributed by atoms with Crippen LogP contribution in [0.1, 0.15) is 30.3 Å². The largest absolute Gasteiger partial charge is 0.495 e. The maximum atomic E-state index is 12.8. The maximum absolute atomic E-state index is 12.8. The van der Waals surface area contributed by atoms with Crippen LogP contribution in [0.2, 0.25) is 0 Å². The maximum Gasteiger partial charge on any atom is 0.272 e. The number of piperazine rings is 1. The number of carbonyl (C=O) groups excluding carboxylic acids is 1. The Balaban J connectivity index is 1.61. The highest BCUT2D eigenvalue weighted by atomic mass is 16.5. The Hall–Kier alpha value is -2.83. The van der Waals surface area contributed by atoms with E-state index in [0.29, 0.717) is 24.7 Å². The molecule has 1 aromatic heterocycles. The van der Waals surface area contributed by atoms with Crippen molar-refractivity contribution in [3.8, 4) is 5.75 Å². The van der Waals surface area contributed by atoms with Crippen molar-refractivity contribution in [2.24, 2.45) is 0 Å². The number of anilines is 2. The molecular formula is C20H27N5O2. The van der Waals surface area contributed by atoms with Crippen LogP contribution in [0, 0.1) is 0 Å². The summed E-state index contributed by atoms with van der Waals surface area (Å²) in [5.74, 6) is 1.33. The number of methoxy groups -OCH3 is 1. The summed E-state index contributed by atoms with van der Waals surface area (Å²) in [4.78, 5) is 25.5. The molecule has 0 aliphatic carbocycles. The van der Waals surface area contributed by atoms with Crippen LogP contribution in [-0.4, -0.2) is 60.6 Å². The van der Waals surface area contributed by atoms with E-state index in [-0.39, 0.29) is 5.91 Å². The summed E-state index contributed by atoms with van der Waals surface area (Å²) in [5.41, 5.74) is 1.51. The Morgan fingerprint density at radius 3 is 2.70 bits per heavy atom. The van der Waals surface area contributed by atoms with Gasteiger partial charge in [0.15, 0.2) is 0 Å². The highest BCUT2D eigenvalue weighted by Crippen LogP contribution is 2.28. The van der Waals surface area contributed by atoms with Crippen LogP contribution in [0.5, 0.6) is 5.75 Å². The number of hydrogen-bond donors (Lipinski definition) is 1. The molecule has 0 saturated carbocycles. The van der Waals surface area contributed by atoms with Crippen molar-refractivity contribution < 1.29 is 9.53 Å². The Morgan fingerprint density at radius 2 is 1.96 bits per heavy atom. The molecule has 0 unspecified atom stereocenters. The molecule has 1 N–H and O–H groups in total. The molecule has 144 valence electrons. The van der Waals surface area contributed by atoms with Gasteiger partial charge in [-0.05, 0) is 24.6 Å². The molecular weight excluding hydrogens is 342 g/mol. The molecule has 1 amide bonds. The topological polar surface area (TPSA) is 70.6 Å². The van der Waals surface area contributed by atoms with Crippen molar-refractivity contribution in [1.29, 1.82) is 0 Å². The fraction of sp³-hybridized carbons (Fsp3) is 0.450. The van der Waals surface area contributed by atoms with E-state index in [4.69, 9.17) is 4.74 Å². The highest BCUT2D eigenvalue weighted by molar-refractivity contribution is 5.92. The summed E-state index contributed by atoms with van der Waals surface area (Å²) in [5, 5.41) is 3.17. The molecule has 0 radical (unpaired) electrons. The lowest BCUT2D eigenvalue weighted by molar-refractivity contribution is 0.0740. The molecule has 2 heterocycles. The predicted octanol–water partition coefficient (Wildman–Crippen LogP) is 2.66. The van der Waals surface area contributed by atoms with Crippen molar-refractivity contribution >= 4 is 17.5 Å². The minimum absolute atomic E-state index is 0.0457. The first-order valence-electron chi connectivity index (χ1n) is 9.47. The number of rotatable bonds is 7. The second-order valence-electron chi connectivity index (χ2n) is 6.50. The summed E-state index contributed by atoms with van der Waals surface area (Å²) in [6.45, 7) is 5.77. The van der Waals surface area contributed by atoms with Gasteiger partial charge in [-0.1, -0.05) is 25.5 Å². The summed E-state index contributed by atoms with van der Waals surface area (Å²) in [7, 11) is 1.68. The fourth-order valence-electron chi connectivity index (χ4n) is 3.14. The SMILES string of the molecule is CCCCNc1nccc(C(=O)N2CCN(c3ccccc3OC)CC2)n1. The standard InChI is InChI=1S/C20H27N5O2/c1-3-4-10-21-20-22-11-9-16(23-20)19(26)25-14-12-24(13-15-25)17-7-5-6-8-18(17)27-2/h5-9,11H,3-4,10,12-15H2,1-2H3,(H,21,22,23). The number of unbranched alkanes of at least 4 members (excludes halogenated alkanes) is 1. The molecule has 7 nitrogen and oxygen atoms in total. The Kier molecular flexibility index (Phi) is 6.46. The molecule has 0 spiro atoms. The van der Waals surface area contributed by atoms with E-state index >= 15 is 0 Å². The quantitative estimate of drug-likeness (QED) is 0.757. The van der Waals surface area contributed by atoms with Gasteiger partial charge in [0.05, 0.1) is 12.8 Å². The number of hydrogen-bond acceptors (Lipinski definition) is 6. The Bertz CT molecular complexity index is 760. The first kappa shape index (κ1) is 18.9. The van der Waals surface area contributed by atoms with Crippen molar-refractivity contribution in [1.82, 2.24) is 14.9 Å². The zero-order valence-corrected chi connectivity index (χ0v) is 16.0. The highest BCUT2D eigenvalue weighted by Gasteiger charge is 2.24. The summed E-state index contributed by atoms with van der Waals surface area (Å²) < 4.78 is 5.45. The van der Waals surface area contributed by atoms with Crippen LogP contribution < -0.4 is 15.0 Å². The number of para-hydroxylation sites is 2. The van der Waals surface area contributed by atoms with Crippen molar-refractivity contribution in [2.45, 2.75) is 19.8 Å². The lowest BCUT2D eigenvalue weighted by Gasteiger charge is -2.36. The van der Waals surface area contributed by atoms with Crippen LogP contribution in [0.3, 0.4) is 0 Å². The lowest BCUT2D eigenvalue weighted by Crippen LogP contribution is -2.49. The van der Waals surface area contributed by atoms with Crippen molar-refractivity contribution in [2.75, 3.05) is 50.1 Å². The van der Waals surface area contributed by atoms with E-state index in [1.54, 1.807) is 19.4 Å². The minimum Gasteiger partial charge on any atom is -0.495 e. The molecule has 7 heteroatoms. The predicted molar refractivity (Wildman–Crippen MR) is 107 cm³/mol. The molecule has 2 aromatic rings. The monoisotopic (exact) mass is 369 g/mol. The van der Waals surface area contributed by atoms with Crippen molar-refractivity contribution in [3.63, 3.8) is 0 Å². The van der Waals surface area contributed by atoms with Gasteiger partial charge in [0.25, 0.3) is 5.91 Å². The van der Waals surface area contributed by atoms with Crippen molar-refractivity contribution in [3.05, 3.63) is 42.2 Å². The van der Waals surface area contributed by atoms with Crippen LogP contribution in [-0.2, 0) is 0 Å². The number of ether oxygens (including phenoxy) is 1. The summed E-state index contributed by atoms with van der Waals surface area (Å²) in [6.07, 6.45) is 3.79. The van der Waals surface area contributed by atoms with Crippen LogP contribution in [0.4, 0.5) is 11.6 Å². The zero-order chi connectivity index (χ0) is 19.1. The molecule has 0 atom stereocenters. The molecule has 0 bridgehead atoms. The third kappa shape index (κ3) is 4.67. The van der Waals surface area contributed by atoms with Gasteiger partial charge in [-0.25, -0.2) is 9.97 Å². The molecule has 1 aliphatic rings. The number of carbonyl (C=O) groups is 1. The minimum atomic E-state index is -0.0457. The second-order valence-corrected chi connectivity index (χ2v) is 6.50.